The van der Waals surface area contributed by atoms with Crippen LogP contribution in [0.5, 0.6) is 11.5 Å². The molecule has 2 amide bonds. The van der Waals surface area contributed by atoms with Crippen LogP contribution in [0.25, 0.3) is 0 Å². The number of aryl methyl sites for hydroxylation is 1. The fraction of sp³-hybridized carbons (Fsp3) is 0.548. The molecule has 232 valence electrons. The molecule has 2 aromatic rings. The van der Waals surface area contributed by atoms with E-state index >= 15 is 0 Å². The van der Waals surface area contributed by atoms with Gasteiger partial charge < -0.3 is 40.6 Å². The number of benzene rings is 2. The summed E-state index contributed by atoms with van der Waals surface area (Å²) < 4.78 is 20.3. The van der Waals surface area contributed by atoms with Gasteiger partial charge >= 0.3 is 12.2 Å². The van der Waals surface area contributed by atoms with Gasteiger partial charge in [0.05, 0.1) is 14.2 Å². The summed E-state index contributed by atoms with van der Waals surface area (Å²) in [7, 11) is 3.32. The Balaban J connectivity index is 0.000000645. The topological polar surface area (TPSA) is 133 Å². The van der Waals surface area contributed by atoms with Gasteiger partial charge in [0.1, 0.15) is 22.7 Å². The molecule has 0 saturated carbocycles. The number of ether oxygens (including phenoxy) is 4. The van der Waals surface area contributed by atoms with Crippen LogP contribution in [0, 0.1) is 6.92 Å². The van der Waals surface area contributed by atoms with Crippen molar-refractivity contribution in [1.82, 2.24) is 10.6 Å². The van der Waals surface area contributed by atoms with E-state index in [-0.39, 0.29) is 12.2 Å². The van der Waals surface area contributed by atoms with Crippen LogP contribution < -0.4 is 31.2 Å². The van der Waals surface area contributed by atoms with Crippen molar-refractivity contribution in [3.05, 3.63) is 54.1 Å². The van der Waals surface area contributed by atoms with Crippen molar-refractivity contribution >= 4 is 17.9 Å². The molecule has 10 nitrogen and oxygen atoms in total. The summed E-state index contributed by atoms with van der Waals surface area (Å²) in [5.74, 6) is 1.75. The van der Waals surface area contributed by atoms with E-state index in [9.17, 15) is 9.59 Å². The molecule has 0 radical (unpaired) electrons. The Labute approximate surface area is 246 Å². The second-order valence-corrected chi connectivity index (χ2v) is 11.0. The minimum Gasteiger partial charge on any atom is -0.497 e. The van der Waals surface area contributed by atoms with Gasteiger partial charge in [-0.25, -0.2) is 9.59 Å². The molecule has 0 heterocycles. The second kappa shape index (κ2) is 20.3. The zero-order valence-corrected chi connectivity index (χ0v) is 26.4. The molecule has 0 bridgehead atoms. The number of carbonyl (C=O) groups excluding carboxylic acids is 2. The molecule has 0 aliphatic heterocycles. The molecule has 0 unspecified atom stereocenters. The molecule has 0 spiro atoms. The van der Waals surface area contributed by atoms with Crippen molar-refractivity contribution in [2.24, 2.45) is 5.73 Å². The van der Waals surface area contributed by atoms with E-state index in [2.05, 4.69) is 16.0 Å². The number of nitrogens with two attached hydrogens (primary N) is 1. The number of alkyl carbamates (subject to hydrolysis) is 2. The van der Waals surface area contributed by atoms with Gasteiger partial charge in [-0.3, -0.25) is 0 Å². The van der Waals surface area contributed by atoms with Crippen molar-refractivity contribution in [2.45, 2.75) is 72.5 Å². The first-order valence-electron chi connectivity index (χ1n) is 13.8. The fourth-order valence-electron chi connectivity index (χ4n) is 2.91. The molecule has 0 saturated heterocycles. The first kappa shape index (κ1) is 37.3. The molecule has 0 fully saturated rings. The van der Waals surface area contributed by atoms with Crippen LogP contribution in [-0.4, -0.2) is 63.8 Å². The van der Waals surface area contributed by atoms with Crippen LogP contribution in [-0.2, 0) is 9.47 Å². The summed E-state index contributed by atoms with van der Waals surface area (Å²) in [5.41, 5.74) is 6.60. The van der Waals surface area contributed by atoms with Gasteiger partial charge in [0.15, 0.2) is 0 Å². The van der Waals surface area contributed by atoms with Gasteiger partial charge in [0, 0.05) is 31.4 Å². The Morgan fingerprint density at radius 2 is 1.22 bits per heavy atom. The number of carbonyl (C=O) groups is 2. The van der Waals surface area contributed by atoms with E-state index in [0.29, 0.717) is 19.6 Å². The van der Waals surface area contributed by atoms with E-state index in [1.54, 1.807) is 14.2 Å². The van der Waals surface area contributed by atoms with E-state index in [4.69, 9.17) is 24.7 Å². The molecule has 2 rings (SSSR count). The van der Waals surface area contributed by atoms with Crippen molar-refractivity contribution < 1.29 is 28.5 Å². The van der Waals surface area contributed by atoms with Crippen LogP contribution in [0.4, 0.5) is 15.3 Å². The summed E-state index contributed by atoms with van der Waals surface area (Å²) in [6.45, 7) is 15.6. The smallest absolute Gasteiger partial charge is 0.407 e. The van der Waals surface area contributed by atoms with Gasteiger partial charge in [0.25, 0.3) is 0 Å². The molecular formula is C31H52N4O6. The van der Waals surface area contributed by atoms with E-state index in [1.165, 1.54) is 5.56 Å². The summed E-state index contributed by atoms with van der Waals surface area (Å²) in [5, 5.41) is 8.59. The quantitative estimate of drug-likeness (QED) is 0.258. The van der Waals surface area contributed by atoms with Crippen LogP contribution in [0.3, 0.4) is 0 Å². The average Bonchev–Trinajstić information content (AvgIpc) is 2.87. The predicted molar refractivity (Wildman–Crippen MR) is 166 cm³/mol. The van der Waals surface area contributed by atoms with Gasteiger partial charge in [0.2, 0.25) is 0 Å². The third kappa shape index (κ3) is 22.8. The number of rotatable bonds is 10. The average molecular weight is 577 g/mol. The minimum absolute atomic E-state index is 0.376. The number of methoxy groups -OCH3 is 2. The van der Waals surface area contributed by atoms with E-state index < -0.39 is 11.2 Å². The van der Waals surface area contributed by atoms with Gasteiger partial charge in [-0.05, 0) is 97.7 Å². The lowest BCUT2D eigenvalue weighted by Crippen LogP contribution is -2.33. The van der Waals surface area contributed by atoms with Crippen LogP contribution in [0.1, 0.15) is 59.9 Å². The molecule has 5 N–H and O–H groups in total. The normalized spacial score (nSPS) is 10.5. The predicted octanol–water partition coefficient (Wildman–Crippen LogP) is 5.89. The highest BCUT2D eigenvalue weighted by Gasteiger charge is 2.16. The summed E-state index contributed by atoms with van der Waals surface area (Å²) >= 11 is 0. The first-order chi connectivity index (χ1) is 19.2. The standard InChI is InChI=1S/C15H24N2O3.C8H18N2O2.C8H10O/c1-15(2,3)20-14(18)17-10-6-9-16-12-7-5-8-13(11-12)19-4;1-8(2,3)12-7(11)10-6-4-5-9;1-7-4-3-5-8(6-7)9-2/h5,7-8,11,16H,6,9-10H2,1-4H3,(H,17,18);4-6,9H2,1-3H3,(H,10,11);3-6H,1-2H3. The minimum atomic E-state index is -0.455. The molecule has 2 aromatic carbocycles. The lowest BCUT2D eigenvalue weighted by Gasteiger charge is -2.19. The van der Waals surface area contributed by atoms with Crippen molar-refractivity contribution in [1.29, 1.82) is 0 Å². The Morgan fingerprint density at radius 3 is 1.66 bits per heavy atom. The number of hydrogen-bond acceptors (Lipinski definition) is 8. The Hall–Kier alpha value is -3.66. The Kier molecular flexibility index (Phi) is 18.4. The number of amides is 2. The van der Waals surface area contributed by atoms with Crippen molar-refractivity contribution in [3.63, 3.8) is 0 Å². The number of hydrogen-bond donors (Lipinski definition) is 4. The maximum absolute atomic E-state index is 11.4. The lowest BCUT2D eigenvalue weighted by molar-refractivity contribution is 0.0516. The van der Waals surface area contributed by atoms with Crippen molar-refractivity contribution in [3.8, 4) is 11.5 Å². The Bertz CT molecular complexity index is 1000. The Morgan fingerprint density at radius 1 is 0.732 bits per heavy atom. The third-order valence-electron chi connectivity index (χ3n) is 4.69. The molecule has 10 heteroatoms. The largest absolute Gasteiger partial charge is 0.497 e. The van der Waals surface area contributed by atoms with E-state index in [0.717, 1.165) is 36.6 Å². The van der Waals surface area contributed by atoms with Gasteiger partial charge in [-0.2, -0.15) is 0 Å². The first-order valence-corrected chi connectivity index (χ1v) is 13.8. The molecule has 0 aliphatic rings. The number of nitrogens with one attached hydrogen (secondary N) is 3. The second-order valence-electron chi connectivity index (χ2n) is 11.0. The molecule has 0 aromatic heterocycles. The highest BCUT2D eigenvalue weighted by atomic mass is 16.6. The van der Waals surface area contributed by atoms with Gasteiger partial charge in [-0.15, -0.1) is 0 Å². The van der Waals surface area contributed by atoms with Crippen molar-refractivity contribution in [2.75, 3.05) is 45.7 Å². The van der Waals surface area contributed by atoms with Crippen LogP contribution in [0.2, 0.25) is 0 Å². The zero-order chi connectivity index (χ0) is 31.3. The maximum Gasteiger partial charge on any atom is 0.407 e. The van der Waals surface area contributed by atoms with Gasteiger partial charge in [-0.1, -0.05) is 18.2 Å². The lowest BCUT2D eigenvalue weighted by atomic mass is 10.2. The third-order valence-corrected chi connectivity index (χ3v) is 4.69. The van der Waals surface area contributed by atoms with Crippen LogP contribution >= 0.6 is 0 Å². The summed E-state index contributed by atoms with van der Waals surface area (Å²) in [6.07, 6.45) is 0.838. The van der Waals surface area contributed by atoms with E-state index in [1.807, 2.05) is 97.0 Å². The molecule has 0 atom stereocenters. The zero-order valence-electron chi connectivity index (χ0n) is 26.4. The molecule has 41 heavy (non-hydrogen) atoms. The highest BCUT2D eigenvalue weighted by Crippen LogP contribution is 2.16. The van der Waals surface area contributed by atoms with Crippen LogP contribution in [0.15, 0.2) is 48.5 Å². The highest BCUT2D eigenvalue weighted by molar-refractivity contribution is 5.67. The number of anilines is 1. The molecular weight excluding hydrogens is 524 g/mol. The maximum atomic E-state index is 11.4. The summed E-state index contributed by atoms with van der Waals surface area (Å²) in [6, 6.07) is 15.7. The molecule has 0 aliphatic carbocycles. The summed E-state index contributed by atoms with van der Waals surface area (Å²) in [4.78, 5) is 22.4. The monoisotopic (exact) mass is 576 g/mol. The fourth-order valence-corrected chi connectivity index (χ4v) is 2.91. The SMILES string of the molecule is CC(C)(C)OC(=O)NCCCN.COc1cccc(C)c1.COc1cccc(NCCCNC(=O)OC(C)(C)C)c1.